The van der Waals surface area contributed by atoms with E-state index >= 15 is 0 Å². The van der Waals surface area contributed by atoms with Crippen molar-refractivity contribution >= 4 is 17.6 Å². The molecular formula is C30H37N3O6. The fourth-order valence-electron chi connectivity index (χ4n) is 4.41. The maximum Gasteiger partial charge on any atom is 0.322 e. The molecular weight excluding hydrogens is 498 g/mol. The number of carbonyl (C=O) groups is 2. The summed E-state index contributed by atoms with van der Waals surface area (Å²) in [6.45, 7) is 8.01. The van der Waals surface area contributed by atoms with E-state index < -0.39 is 0 Å². The van der Waals surface area contributed by atoms with Crippen LogP contribution in [0.25, 0.3) is 0 Å². The number of fused-ring (bicyclic) bond motifs is 1. The van der Waals surface area contributed by atoms with Gasteiger partial charge in [-0.05, 0) is 68.1 Å². The normalized spacial score (nSPS) is 11.9. The van der Waals surface area contributed by atoms with E-state index in [2.05, 4.69) is 5.32 Å². The molecule has 2 aromatic carbocycles. The Hall–Kier alpha value is -3.98. The largest absolute Gasteiger partial charge is 0.464 e. The fourth-order valence-corrected chi connectivity index (χ4v) is 4.41. The van der Waals surface area contributed by atoms with Gasteiger partial charge in [-0.2, -0.15) is 0 Å². The first-order valence-corrected chi connectivity index (χ1v) is 13.4. The van der Waals surface area contributed by atoms with Crippen LogP contribution in [0.15, 0.2) is 59.0 Å². The van der Waals surface area contributed by atoms with Crippen molar-refractivity contribution < 1.29 is 28.2 Å². The van der Waals surface area contributed by atoms with Crippen LogP contribution >= 0.6 is 0 Å². The Kier molecular flexibility index (Phi) is 9.85. The summed E-state index contributed by atoms with van der Waals surface area (Å²) in [6.07, 6.45) is 1.40. The molecule has 3 amide bonds. The summed E-state index contributed by atoms with van der Waals surface area (Å²) in [5, 5.41) is 3.00. The van der Waals surface area contributed by atoms with E-state index in [4.69, 9.17) is 18.6 Å². The Morgan fingerprint density at radius 2 is 1.79 bits per heavy atom. The molecule has 0 spiro atoms. The second kappa shape index (κ2) is 13.7. The summed E-state index contributed by atoms with van der Waals surface area (Å²) in [6, 6.07) is 16.7. The number of nitrogens with zero attached hydrogens (tertiary/aromatic N) is 2. The van der Waals surface area contributed by atoms with Gasteiger partial charge in [-0.25, -0.2) is 4.79 Å². The number of amides is 3. The zero-order valence-corrected chi connectivity index (χ0v) is 22.9. The number of ether oxygens (including phenoxy) is 3. The first-order chi connectivity index (χ1) is 19.0. The average Bonchev–Trinajstić information content (AvgIpc) is 3.58. The number of rotatable bonds is 13. The standard InChI is InChI=1S/C30H37N3O6/c1-4-24-9-6-7-10-26(24)31-30(35)32(15-8-16-36-5-2)20-29(34)33(19-25-13-11-22(3)39-25)18-23-12-14-27-28(17-23)38-21-37-27/h6-7,9-14,17H,4-5,8,15-16,18-21H2,1-3H3,(H,31,35). The van der Waals surface area contributed by atoms with Crippen LogP contribution in [0.2, 0.25) is 0 Å². The molecule has 0 saturated heterocycles. The Morgan fingerprint density at radius 1 is 0.974 bits per heavy atom. The van der Waals surface area contributed by atoms with E-state index in [9.17, 15) is 9.59 Å². The quantitative estimate of drug-likeness (QED) is 0.296. The van der Waals surface area contributed by atoms with Crippen LogP contribution in [-0.4, -0.2) is 54.8 Å². The molecule has 1 aliphatic heterocycles. The summed E-state index contributed by atoms with van der Waals surface area (Å²) in [5.74, 6) is 2.58. The molecule has 9 nitrogen and oxygen atoms in total. The summed E-state index contributed by atoms with van der Waals surface area (Å²) < 4.78 is 22.2. The SMILES string of the molecule is CCOCCCN(CC(=O)N(Cc1ccc2c(c1)OCO2)Cc1ccc(C)o1)C(=O)Nc1ccccc1CC. The number of para-hydroxylation sites is 1. The Labute approximate surface area is 229 Å². The highest BCUT2D eigenvalue weighted by atomic mass is 16.7. The lowest BCUT2D eigenvalue weighted by molar-refractivity contribution is -0.133. The van der Waals surface area contributed by atoms with Gasteiger partial charge in [0.25, 0.3) is 0 Å². The van der Waals surface area contributed by atoms with Crippen LogP contribution in [0.3, 0.4) is 0 Å². The van der Waals surface area contributed by atoms with E-state index in [1.54, 1.807) is 9.80 Å². The van der Waals surface area contributed by atoms with E-state index in [1.807, 2.05) is 75.4 Å². The van der Waals surface area contributed by atoms with Gasteiger partial charge in [0.1, 0.15) is 18.1 Å². The van der Waals surface area contributed by atoms with Crippen LogP contribution in [0, 0.1) is 6.92 Å². The van der Waals surface area contributed by atoms with Gasteiger partial charge >= 0.3 is 6.03 Å². The molecule has 0 unspecified atom stereocenters. The maximum absolute atomic E-state index is 13.7. The molecule has 9 heteroatoms. The van der Waals surface area contributed by atoms with Gasteiger partial charge in [0, 0.05) is 32.0 Å². The highest BCUT2D eigenvalue weighted by molar-refractivity contribution is 5.93. The number of benzene rings is 2. The van der Waals surface area contributed by atoms with Gasteiger partial charge in [-0.1, -0.05) is 31.2 Å². The van der Waals surface area contributed by atoms with Crippen molar-refractivity contribution in [3.8, 4) is 11.5 Å². The number of furan rings is 1. The second-order valence-corrected chi connectivity index (χ2v) is 9.36. The minimum absolute atomic E-state index is 0.0868. The first-order valence-electron chi connectivity index (χ1n) is 13.4. The van der Waals surface area contributed by atoms with E-state index in [0.29, 0.717) is 50.0 Å². The average molecular weight is 536 g/mol. The van der Waals surface area contributed by atoms with Gasteiger partial charge in [0.05, 0.1) is 6.54 Å². The predicted octanol–water partition coefficient (Wildman–Crippen LogP) is 5.37. The van der Waals surface area contributed by atoms with Gasteiger partial charge in [0.15, 0.2) is 11.5 Å². The zero-order valence-electron chi connectivity index (χ0n) is 22.9. The monoisotopic (exact) mass is 535 g/mol. The minimum Gasteiger partial charge on any atom is -0.464 e. The molecule has 0 bridgehead atoms. The lowest BCUT2D eigenvalue weighted by Gasteiger charge is -2.28. The molecule has 0 aliphatic carbocycles. The third-order valence-electron chi connectivity index (χ3n) is 6.48. The number of nitrogens with one attached hydrogen (secondary N) is 1. The van der Waals surface area contributed by atoms with Crippen LogP contribution in [-0.2, 0) is 29.0 Å². The molecule has 1 N–H and O–H groups in total. The van der Waals surface area contributed by atoms with Crippen LogP contribution < -0.4 is 14.8 Å². The number of urea groups is 1. The fraction of sp³-hybridized carbons (Fsp3) is 0.400. The topological polar surface area (TPSA) is 93.5 Å². The van der Waals surface area contributed by atoms with Crippen molar-refractivity contribution in [2.45, 2.75) is 46.7 Å². The smallest absolute Gasteiger partial charge is 0.322 e. The van der Waals surface area contributed by atoms with E-state index in [1.165, 1.54) is 0 Å². The van der Waals surface area contributed by atoms with Gasteiger partial charge in [-0.3, -0.25) is 4.79 Å². The molecule has 0 saturated carbocycles. The van der Waals surface area contributed by atoms with Gasteiger partial charge in [0.2, 0.25) is 12.7 Å². The molecule has 39 heavy (non-hydrogen) atoms. The second-order valence-electron chi connectivity index (χ2n) is 9.36. The molecule has 4 rings (SSSR count). The predicted molar refractivity (Wildman–Crippen MR) is 148 cm³/mol. The number of carbonyl (C=O) groups excluding carboxylic acids is 2. The molecule has 0 fully saturated rings. The Morgan fingerprint density at radius 3 is 2.56 bits per heavy atom. The number of hydrogen-bond donors (Lipinski definition) is 1. The summed E-state index contributed by atoms with van der Waals surface area (Å²) in [7, 11) is 0. The summed E-state index contributed by atoms with van der Waals surface area (Å²) in [5.41, 5.74) is 2.67. The number of anilines is 1. The van der Waals surface area contributed by atoms with Gasteiger partial charge in [-0.15, -0.1) is 0 Å². The summed E-state index contributed by atoms with van der Waals surface area (Å²) >= 11 is 0. The Balaban J connectivity index is 1.52. The lowest BCUT2D eigenvalue weighted by atomic mass is 10.1. The van der Waals surface area contributed by atoms with Crippen molar-refractivity contribution in [1.82, 2.24) is 9.80 Å². The van der Waals surface area contributed by atoms with E-state index in [-0.39, 0.29) is 31.8 Å². The molecule has 1 aromatic heterocycles. The van der Waals surface area contributed by atoms with Crippen molar-refractivity contribution in [1.29, 1.82) is 0 Å². The molecule has 2 heterocycles. The first kappa shape index (κ1) is 28.0. The van der Waals surface area contributed by atoms with Crippen LogP contribution in [0.4, 0.5) is 10.5 Å². The van der Waals surface area contributed by atoms with E-state index in [0.717, 1.165) is 29.0 Å². The molecule has 0 radical (unpaired) electrons. The minimum atomic E-state index is -0.322. The highest BCUT2D eigenvalue weighted by Crippen LogP contribution is 2.33. The lowest BCUT2D eigenvalue weighted by Crippen LogP contribution is -2.44. The maximum atomic E-state index is 13.7. The van der Waals surface area contributed by atoms with Crippen molar-refractivity contribution in [2.75, 3.05) is 38.4 Å². The molecule has 0 atom stereocenters. The van der Waals surface area contributed by atoms with Crippen molar-refractivity contribution in [3.63, 3.8) is 0 Å². The highest BCUT2D eigenvalue weighted by Gasteiger charge is 2.24. The van der Waals surface area contributed by atoms with Gasteiger partial charge < -0.3 is 33.7 Å². The molecule has 208 valence electrons. The Bertz CT molecular complexity index is 1260. The van der Waals surface area contributed by atoms with Crippen LogP contribution in [0.5, 0.6) is 11.5 Å². The molecule has 1 aliphatic rings. The molecule has 3 aromatic rings. The number of aryl methyl sites for hydroxylation is 2. The van der Waals surface area contributed by atoms with Crippen LogP contribution in [0.1, 0.15) is 42.9 Å². The third kappa shape index (κ3) is 7.77. The summed E-state index contributed by atoms with van der Waals surface area (Å²) in [4.78, 5) is 30.4. The number of hydrogen-bond acceptors (Lipinski definition) is 6. The third-order valence-corrected chi connectivity index (χ3v) is 6.48. The zero-order chi connectivity index (χ0) is 27.6. The van der Waals surface area contributed by atoms with Crippen molar-refractivity contribution in [2.24, 2.45) is 0 Å². The van der Waals surface area contributed by atoms with Crippen molar-refractivity contribution in [3.05, 3.63) is 77.2 Å².